The molecule has 2 amide bonds. The second-order valence-electron chi connectivity index (χ2n) is 6.17. The van der Waals surface area contributed by atoms with Gasteiger partial charge in [-0.25, -0.2) is 0 Å². The highest BCUT2D eigenvalue weighted by Gasteiger charge is 2.15. The highest BCUT2D eigenvalue weighted by atomic mass is 16.5. The monoisotopic (exact) mass is 340 g/mol. The van der Waals surface area contributed by atoms with Gasteiger partial charge >= 0.3 is 11.8 Å². The molecule has 132 valence electrons. The summed E-state index contributed by atoms with van der Waals surface area (Å²) in [5.74, 6) is -0.484. The van der Waals surface area contributed by atoms with Crippen LogP contribution >= 0.6 is 0 Å². The molecule has 0 fully saturated rings. The van der Waals surface area contributed by atoms with Gasteiger partial charge in [-0.05, 0) is 49.6 Å². The summed E-state index contributed by atoms with van der Waals surface area (Å²) >= 11 is 0. The van der Waals surface area contributed by atoms with Crippen molar-refractivity contribution in [1.82, 2.24) is 5.32 Å². The Balaban J connectivity index is 1.83. The summed E-state index contributed by atoms with van der Waals surface area (Å²) in [7, 11) is 0. The Morgan fingerprint density at radius 3 is 2.16 bits per heavy atom. The molecule has 5 nitrogen and oxygen atoms in total. The third kappa shape index (κ3) is 5.95. The summed E-state index contributed by atoms with van der Waals surface area (Å²) in [4.78, 5) is 23.9. The standard InChI is InChI=1S/C20H24N2O3/c1-14(2)25-18-11-9-17(10-12-18)22-20(24)19(23)21-13-15(3)16-7-5-4-6-8-16/h4-12,14-15H,13H2,1-3H3,(H,21,23)(H,22,24)/t15-/m1/s1. The third-order valence-corrected chi connectivity index (χ3v) is 3.63. The van der Waals surface area contributed by atoms with Crippen LogP contribution < -0.4 is 15.4 Å². The van der Waals surface area contributed by atoms with E-state index in [9.17, 15) is 9.59 Å². The molecule has 0 bridgehead atoms. The van der Waals surface area contributed by atoms with Crippen LogP contribution in [-0.4, -0.2) is 24.5 Å². The number of rotatable bonds is 6. The molecule has 0 aliphatic carbocycles. The van der Waals surface area contributed by atoms with Crippen LogP contribution in [0.5, 0.6) is 5.75 Å². The molecule has 2 N–H and O–H groups in total. The maximum atomic E-state index is 12.0. The van der Waals surface area contributed by atoms with Crippen molar-refractivity contribution in [2.24, 2.45) is 0 Å². The molecule has 1 atom stereocenters. The summed E-state index contributed by atoms with van der Waals surface area (Å²) in [6, 6.07) is 16.8. The maximum absolute atomic E-state index is 12.0. The fourth-order valence-corrected chi connectivity index (χ4v) is 2.30. The van der Waals surface area contributed by atoms with Crippen LogP contribution in [0.1, 0.15) is 32.3 Å². The van der Waals surface area contributed by atoms with Crippen LogP contribution in [0.15, 0.2) is 54.6 Å². The van der Waals surface area contributed by atoms with Crippen molar-refractivity contribution in [3.05, 3.63) is 60.2 Å². The van der Waals surface area contributed by atoms with Gasteiger partial charge in [0.2, 0.25) is 0 Å². The number of ether oxygens (including phenoxy) is 1. The molecular weight excluding hydrogens is 316 g/mol. The Bertz CT molecular complexity index is 697. The second-order valence-corrected chi connectivity index (χ2v) is 6.17. The Morgan fingerprint density at radius 2 is 1.56 bits per heavy atom. The lowest BCUT2D eigenvalue weighted by Crippen LogP contribution is -2.37. The minimum atomic E-state index is -0.683. The fourth-order valence-electron chi connectivity index (χ4n) is 2.30. The summed E-state index contributed by atoms with van der Waals surface area (Å²) in [5.41, 5.74) is 1.66. The van der Waals surface area contributed by atoms with Crippen molar-refractivity contribution in [3.63, 3.8) is 0 Å². The molecule has 2 aromatic carbocycles. The average Bonchev–Trinajstić information content (AvgIpc) is 2.61. The highest BCUT2D eigenvalue weighted by Crippen LogP contribution is 2.17. The summed E-state index contributed by atoms with van der Waals surface area (Å²) < 4.78 is 5.54. The average molecular weight is 340 g/mol. The second kappa shape index (κ2) is 8.87. The number of hydrogen-bond acceptors (Lipinski definition) is 3. The number of anilines is 1. The Morgan fingerprint density at radius 1 is 0.920 bits per heavy atom. The lowest BCUT2D eigenvalue weighted by molar-refractivity contribution is -0.136. The first-order valence-electron chi connectivity index (χ1n) is 8.36. The first kappa shape index (κ1) is 18.5. The van der Waals surface area contributed by atoms with Crippen LogP contribution in [0.3, 0.4) is 0 Å². The van der Waals surface area contributed by atoms with Crippen LogP contribution in [0, 0.1) is 0 Å². The molecule has 25 heavy (non-hydrogen) atoms. The van der Waals surface area contributed by atoms with Crippen molar-refractivity contribution in [2.75, 3.05) is 11.9 Å². The molecule has 5 heteroatoms. The number of carbonyl (C=O) groups is 2. The fraction of sp³-hybridized carbons (Fsp3) is 0.300. The Labute approximate surface area is 148 Å². The number of carbonyl (C=O) groups excluding carboxylic acids is 2. The van der Waals surface area contributed by atoms with E-state index in [-0.39, 0.29) is 12.0 Å². The van der Waals surface area contributed by atoms with Gasteiger partial charge < -0.3 is 15.4 Å². The van der Waals surface area contributed by atoms with Gasteiger partial charge in [0.15, 0.2) is 0 Å². The Kier molecular flexibility index (Phi) is 6.57. The molecule has 0 aliphatic rings. The SMILES string of the molecule is CC(C)Oc1ccc(NC(=O)C(=O)NC[C@@H](C)c2ccccc2)cc1. The van der Waals surface area contributed by atoms with Gasteiger partial charge in [0.05, 0.1) is 6.10 Å². The van der Waals surface area contributed by atoms with Crippen LogP contribution in [0.4, 0.5) is 5.69 Å². The normalized spacial score (nSPS) is 11.7. The van der Waals surface area contributed by atoms with Crippen molar-refractivity contribution in [2.45, 2.75) is 32.8 Å². The van der Waals surface area contributed by atoms with E-state index in [1.165, 1.54) is 0 Å². The van der Waals surface area contributed by atoms with E-state index in [0.29, 0.717) is 18.0 Å². The van der Waals surface area contributed by atoms with Gasteiger partial charge in [0, 0.05) is 12.2 Å². The van der Waals surface area contributed by atoms with E-state index in [1.54, 1.807) is 24.3 Å². The lowest BCUT2D eigenvalue weighted by Gasteiger charge is -2.13. The van der Waals surface area contributed by atoms with Gasteiger partial charge in [0.1, 0.15) is 5.75 Å². The van der Waals surface area contributed by atoms with Crippen molar-refractivity contribution in [1.29, 1.82) is 0 Å². The lowest BCUT2D eigenvalue weighted by atomic mass is 10.0. The molecule has 2 aromatic rings. The third-order valence-electron chi connectivity index (χ3n) is 3.63. The quantitative estimate of drug-likeness (QED) is 0.793. The van der Waals surface area contributed by atoms with Gasteiger partial charge in [-0.1, -0.05) is 37.3 Å². The van der Waals surface area contributed by atoms with E-state index >= 15 is 0 Å². The van der Waals surface area contributed by atoms with E-state index < -0.39 is 11.8 Å². The summed E-state index contributed by atoms with van der Waals surface area (Å²) in [6.45, 7) is 6.28. The number of nitrogens with one attached hydrogen (secondary N) is 2. The van der Waals surface area contributed by atoms with E-state index in [0.717, 1.165) is 5.56 Å². The molecule has 0 aromatic heterocycles. The van der Waals surface area contributed by atoms with Crippen LogP contribution in [-0.2, 0) is 9.59 Å². The molecular formula is C20H24N2O3. The van der Waals surface area contributed by atoms with Crippen molar-refractivity contribution >= 4 is 17.5 Å². The largest absolute Gasteiger partial charge is 0.491 e. The van der Waals surface area contributed by atoms with E-state index in [2.05, 4.69) is 10.6 Å². The zero-order valence-electron chi connectivity index (χ0n) is 14.8. The van der Waals surface area contributed by atoms with Gasteiger partial charge in [-0.2, -0.15) is 0 Å². The van der Waals surface area contributed by atoms with Crippen LogP contribution in [0.2, 0.25) is 0 Å². The number of hydrogen-bond donors (Lipinski definition) is 2. The smallest absolute Gasteiger partial charge is 0.313 e. The minimum Gasteiger partial charge on any atom is -0.491 e. The molecule has 0 radical (unpaired) electrons. The molecule has 0 heterocycles. The van der Waals surface area contributed by atoms with Crippen molar-refractivity contribution in [3.8, 4) is 5.75 Å². The summed E-state index contributed by atoms with van der Waals surface area (Å²) in [5, 5.41) is 5.24. The van der Waals surface area contributed by atoms with Gasteiger partial charge in [-0.3, -0.25) is 9.59 Å². The first-order chi connectivity index (χ1) is 12.0. The van der Waals surface area contributed by atoms with E-state index in [1.807, 2.05) is 51.1 Å². The van der Waals surface area contributed by atoms with Gasteiger partial charge in [0.25, 0.3) is 0 Å². The maximum Gasteiger partial charge on any atom is 0.313 e. The Hall–Kier alpha value is -2.82. The molecule has 0 unspecified atom stereocenters. The number of benzene rings is 2. The number of amides is 2. The first-order valence-corrected chi connectivity index (χ1v) is 8.36. The molecule has 0 saturated heterocycles. The zero-order chi connectivity index (χ0) is 18.2. The highest BCUT2D eigenvalue weighted by molar-refractivity contribution is 6.39. The van der Waals surface area contributed by atoms with Crippen LogP contribution in [0.25, 0.3) is 0 Å². The van der Waals surface area contributed by atoms with E-state index in [4.69, 9.17) is 4.74 Å². The van der Waals surface area contributed by atoms with Gasteiger partial charge in [-0.15, -0.1) is 0 Å². The predicted molar refractivity (Wildman–Crippen MR) is 98.7 cm³/mol. The zero-order valence-corrected chi connectivity index (χ0v) is 14.8. The molecule has 0 aliphatic heterocycles. The molecule has 2 rings (SSSR count). The minimum absolute atomic E-state index is 0.0813. The van der Waals surface area contributed by atoms with Crippen molar-refractivity contribution < 1.29 is 14.3 Å². The predicted octanol–water partition coefficient (Wildman–Crippen LogP) is 3.33. The summed E-state index contributed by atoms with van der Waals surface area (Å²) in [6.07, 6.45) is 0.0813. The topological polar surface area (TPSA) is 67.4 Å². The molecule has 0 saturated carbocycles. The molecule has 0 spiro atoms.